The molecule has 1 aliphatic rings. The van der Waals surface area contributed by atoms with Crippen LogP contribution >= 0.6 is 0 Å². The molecule has 0 saturated carbocycles. The Hall–Kier alpha value is -1.88. The van der Waals surface area contributed by atoms with Gasteiger partial charge in [-0.25, -0.2) is 4.79 Å². The van der Waals surface area contributed by atoms with Crippen LogP contribution in [0.3, 0.4) is 0 Å². The van der Waals surface area contributed by atoms with Crippen molar-refractivity contribution in [3.8, 4) is 0 Å². The third kappa shape index (κ3) is 3.12. The van der Waals surface area contributed by atoms with Crippen molar-refractivity contribution in [2.24, 2.45) is 0 Å². The molecule has 0 radical (unpaired) electrons. The molecule has 2 rings (SSSR count). The van der Waals surface area contributed by atoms with Crippen molar-refractivity contribution in [2.45, 2.75) is 32.2 Å². The summed E-state index contributed by atoms with van der Waals surface area (Å²) in [5.41, 5.74) is 1.45. The van der Waals surface area contributed by atoms with E-state index in [2.05, 4.69) is 10.6 Å². The van der Waals surface area contributed by atoms with Crippen molar-refractivity contribution in [1.29, 1.82) is 0 Å². The number of carboxylic acids is 1. The second-order valence-corrected chi connectivity index (χ2v) is 4.68. The lowest BCUT2D eigenvalue weighted by atomic mass is 10.1. The van der Waals surface area contributed by atoms with Crippen LogP contribution in [0.2, 0.25) is 0 Å². The molecule has 1 aliphatic heterocycles. The van der Waals surface area contributed by atoms with E-state index in [1.807, 2.05) is 13.0 Å². The Bertz CT molecular complexity index is 493. The first kappa shape index (κ1) is 13.5. The highest BCUT2D eigenvalue weighted by molar-refractivity contribution is 6.02. The number of anilines is 1. The second-order valence-electron chi connectivity index (χ2n) is 4.68. The lowest BCUT2D eigenvalue weighted by Gasteiger charge is -2.13. The molecule has 1 atom stereocenters. The summed E-state index contributed by atoms with van der Waals surface area (Å²) in [6.07, 6.45) is 2.53. The summed E-state index contributed by atoms with van der Waals surface area (Å²) in [5.74, 6) is -1.19. The highest BCUT2D eigenvalue weighted by Crippen LogP contribution is 2.19. The number of benzene rings is 1. The van der Waals surface area contributed by atoms with Gasteiger partial charge in [0.25, 0.3) is 0 Å². The highest BCUT2D eigenvalue weighted by Gasteiger charge is 2.23. The lowest BCUT2D eigenvalue weighted by molar-refractivity contribution is -0.117. The number of rotatable bonds is 4. The molecule has 102 valence electrons. The van der Waals surface area contributed by atoms with Gasteiger partial charge >= 0.3 is 5.97 Å². The largest absolute Gasteiger partial charge is 0.478 e. The van der Waals surface area contributed by atoms with Gasteiger partial charge in [0, 0.05) is 0 Å². The number of aromatic carboxylic acids is 1. The third-order valence-electron chi connectivity index (χ3n) is 3.36. The molecule has 1 aromatic carbocycles. The first-order valence-electron chi connectivity index (χ1n) is 6.52. The molecular formula is C14H18N2O3. The van der Waals surface area contributed by atoms with E-state index in [9.17, 15) is 14.7 Å². The van der Waals surface area contributed by atoms with Crippen LogP contribution in [-0.4, -0.2) is 29.6 Å². The van der Waals surface area contributed by atoms with Crippen LogP contribution in [0.4, 0.5) is 5.69 Å². The fourth-order valence-corrected chi connectivity index (χ4v) is 2.23. The molecule has 19 heavy (non-hydrogen) atoms. The Labute approximate surface area is 112 Å². The molecule has 0 aromatic heterocycles. The van der Waals surface area contributed by atoms with Crippen molar-refractivity contribution >= 4 is 17.6 Å². The Kier molecular flexibility index (Phi) is 4.16. The minimum atomic E-state index is -1.02. The molecule has 1 fully saturated rings. The number of amides is 1. The number of hydrogen-bond acceptors (Lipinski definition) is 3. The zero-order valence-corrected chi connectivity index (χ0v) is 10.9. The molecule has 1 amide bonds. The van der Waals surface area contributed by atoms with Gasteiger partial charge in [0.15, 0.2) is 0 Å². The minimum Gasteiger partial charge on any atom is -0.478 e. The molecule has 0 spiro atoms. The number of carbonyl (C=O) groups excluding carboxylic acids is 1. The maximum absolute atomic E-state index is 12.0. The minimum absolute atomic E-state index is 0.144. The van der Waals surface area contributed by atoms with Gasteiger partial charge in [-0.15, -0.1) is 0 Å². The molecule has 5 nitrogen and oxygen atoms in total. The first-order valence-corrected chi connectivity index (χ1v) is 6.52. The van der Waals surface area contributed by atoms with Gasteiger partial charge < -0.3 is 15.7 Å². The second kappa shape index (κ2) is 5.84. The van der Waals surface area contributed by atoms with Gasteiger partial charge in [0.2, 0.25) is 5.91 Å². The van der Waals surface area contributed by atoms with Gasteiger partial charge in [0.05, 0.1) is 17.3 Å². The topological polar surface area (TPSA) is 78.4 Å². The number of nitrogens with one attached hydrogen (secondary N) is 2. The van der Waals surface area contributed by atoms with Gasteiger partial charge in [0.1, 0.15) is 0 Å². The molecule has 0 aliphatic carbocycles. The summed E-state index contributed by atoms with van der Waals surface area (Å²) in [5, 5.41) is 15.0. The Balaban J connectivity index is 2.19. The number of carbonyl (C=O) groups is 2. The fraction of sp³-hybridized carbons (Fsp3) is 0.429. The molecule has 1 saturated heterocycles. The van der Waals surface area contributed by atoms with E-state index in [0.29, 0.717) is 5.69 Å². The summed E-state index contributed by atoms with van der Waals surface area (Å²) < 4.78 is 0. The number of carboxylic acid groups (broad SMARTS) is 1. The maximum Gasteiger partial charge on any atom is 0.337 e. The summed E-state index contributed by atoms with van der Waals surface area (Å²) in [7, 11) is 0. The van der Waals surface area contributed by atoms with Crippen molar-refractivity contribution in [1.82, 2.24) is 5.32 Å². The summed E-state index contributed by atoms with van der Waals surface area (Å²) in [4.78, 5) is 23.2. The predicted molar refractivity (Wildman–Crippen MR) is 72.4 cm³/mol. The first-order chi connectivity index (χ1) is 9.11. The standard InChI is InChI=1S/C14H18N2O3/c1-2-9-5-6-11(10(8-9)14(18)19)16-13(17)12-4-3-7-15-12/h5-6,8,12,15H,2-4,7H2,1H3,(H,16,17)(H,18,19). The van der Waals surface area contributed by atoms with E-state index in [4.69, 9.17) is 0 Å². The summed E-state index contributed by atoms with van der Waals surface area (Å²) >= 11 is 0. The third-order valence-corrected chi connectivity index (χ3v) is 3.36. The highest BCUT2D eigenvalue weighted by atomic mass is 16.4. The van der Waals surface area contributed by atoms with Crippen LogP contribution in [0.25, 0.3) is 0 Å². The smallest absolute Gasteiger partial charge is 0.337 e. The average Bonchev–Trinajstić information content (AvgIpc) is 2.92. The Morgan fingerprint density at radius 1 is 1.47 bits per heavy atom. The zero-order chi connectivity index (χ0) is 13.8. The summed E-state index contributed by atoms with van der Waals surface area (Å²) in [6.45, 7) is 2.79. The van der Waals surface area contributed by atoms with Crippen LogP contribution in [-0.2, 0) is 11.2 Å². The molecule has 1 unspecified atom stereocenters. The van der Waals surface area contributed by atoms with Crippen LogP contribution in [0.5, 0.6) is 0 Å². The summed E-state index contributed by atoms with van der Waals surface area (Å²) in [6, 6.07) is 4.90. The van der Waals surface area contributed by atoms with E-state index in [0.717, 1.165) is 31.4 Å². The average molecular weight is 262 g/mol. The molecule has 3 N–H and O–H groups in total. The van der Waals surface area contributed by atoms with Crippen molar-refractivity contribution in [3.63, 3.8) is 0 Å². The number of aryl methyl sites for hydroxylation is 1. The van der Waals surface area contributed by atoms with Crippen molar-refractivity contribution in [3.05, 3.63) is 29.3 Å². The lowest BCUT2D eigenvalue weighted by Crippen LogP contribution is -2.35. The monoisotopic (exact) mass is 262 g/mol. The maximum atomic E-state index is 12.0. The zero-order valence-electron chi connectivity index (χ0n) is 10.9. The normalized spacial score (nSPS) is 18.3. The van der Waals surface area contributed by atoms with Gasteiger partial charge in [-0.2, -0.15) is 0 Å². The Morgan fingerprint density at radius 3 is 2.84 bits per heavy atom. The van der Waals surface area contributed by atoms with Crippen LogP contribution in [0, 0.1) is 0 Å². The van der Waals surface area contributed by atoms with Gasteiger partial charge in [-0.1, -0.05) is 13.0 Å². The van der Waals surface area contributed by atoms with E-state index in [1.54, 1.807) is 12.1 Å². The molecule has 1 aromatic rings. The van der Waals surface area contributed by atoms with E-state index in [-0.39, 0.29) is 17.5 Å². The fourth-order valence-electron chi connectivity index (χ4n) is 2.23. The van der Waals surface area contributed by atoms with Crippen LogP contribution in [0.1, 0.15) is 35.7 Å². The quantitative estimate of drug-likeness (QED) is 0.770. The van der Waals surface area contributed by atoms with Gasteiger partial charge in [-0.05, 0) is 43.5 Å². The molecular weight excluding hydrogens is 244 g/mol. The van der Waals surface area contributed by atoms with Crippen molar-refractivity contribution in [2.75, 3.05) is 11.9 Å². The van der Waals surface area contributed by atoms with E-state index in [1.165, 1.54) is 0 Å². The van der Waals surface area contributed by atoms with E-state index >= 15 is 0 Å². The predicted octanol–water partition coefficient (Wildman–Crippen LogP) is 1.64. The molecule has 5 heteroatoms. The Morgan fingerprint density at radius 2 is 2.26 bits per heavy atom. The van der Waals surface area contributed by atoms with Crippen LogP contribution in [0.15, 0.2) is 18.2 Å². The van der Waals surface area contributed by atoms with Gasteiger partial charge in [-0.3, -0.25) is 4.79 Å². The molecule has 0 bridgehead atoms. The van der Waals surface area contributed by atoms with Crippen molar-refractivity contribution < 1.29 is 14.7 Å². The van der Waals surface area contributed by atoms with E-state index < -0.39 is 5.97 Å². The SMILES string of the molecule is CCc1ccc(NC(=O)C2CCCN2)c(C(=O)O)c1. The number of hydrogen-bond donors (Lipinski definition) is 3. The molecule has 1 heterocycles. The van der Waals surface area contributed by atoms with Crippen LogP contribution < -0.4 is 10.6 Å².